The van der Waals surface area contributed by atoms with Crippen LogP contribution in [0.5, 0.6) is 5.75 Å². The molecule has 0 aliphatic carbocycles. The number of rotatable bonds is 3. The van der Waals surface area contributed by atoms with Crippen molar-refractivity contribution in [2.75, 3.05) is 13.2 Å². The minimum absolute atomic E-state index is 0.202. The molecular weight excluding hydrogens is 305 g/mol. The average Bonchev–Trinajstić information content (AvgIpc) is 2.02. The van der Waals surface area contributed by atoms with Crippen molar-refractivity contribution in [1.29, 1.82) is 0 Å². The van der Waals surface area contributed by atoms with Gasteiger partial charge < -0.3 is 10.5 Å². The van der Waals surface area contributed by atoms with E-state index in [1.807, 2.05) is 0 Å². The summed E-state index contributed by atoms with van der Waals surface area (Å²) in [6, 6.07) is 3.06. The summed E-state index contributed by atoms with van der Waals surface area (Å²) in [7, 11) is 0. The average molecular weight is 313 g/mol. The molecule has 1 rings (SSSR count). The Morgan fingerprint density at radius 2 is 2.08 bits per heavy atom. The van der Waals surface area contributed by atoms with Gasteiger partial charge in [-0.2, -0.15) is 0 Å². The zero-order valence-electron chi connectivity index (χ0n) is 6.69. The largest absolute Gasteiger partial charge is 0.488 e. The molecular formula is C8H8Br2FNO. The SMILES string of the molecule is NCCOc1c(F)cc(Br)cc1Br. The van der Waals surface area contributed by atoms with E-state index >= 15 is 0 Å². The van der Waals surface area contributed by atoms with Crippen LogP contribution in [0.4, 0.5) is 4.39 Å². The lowest BCUT2D eigenvalue weighted by molar-refractivity contribution is 0.309. The first-order chi connectivity index (χ1) is 6.15. The Hall–Kier alpha value is -0.130. The number of hydrogen-bond donors (Lipinski definition) is 1. The van der Waals surface area contributed by atoms with Crippen molar-refractivity contribution < 1.29 is 9.13 Å². The summed E-state index contributed by atoms with van der Waals surface area (Å²) in [5.41, 5.74) is 5.23. The third-order valence-corrected chi connectivity index (χ3v) is 2.37. The Morgan fingerprint density at radius 1 is 1.38 bits per heavy atom. The second kappa shape index (κ2) is 4.93. The normalized spacial score (nSPS) is 10.2. The van der Waals surface area contributed by atoms with Crippen LogP contribution < -0.4 is 10.5 Å². The van der Waals surface area contributed by atoms with Gasteiger partial charge in [-0.25, -0.2) is 4.39 Å². The number of nitrogens with two attached hydrogens (primary N) is 1. The number of hydrogen-bond acceptors (Lipinski definition) is 2. The van der Waals surface area contributed by atoms with Crippen LogP contribution >= 0.6 is 31.9 Å². The molecule has 0 saturated carbocycles. The lowest BCUT2D eigenvalue weighted by atomic mass is 10.3. The van der Waals surface area contributed by atoms with Crippen LogP contribution in [0.25, 0.3) is 0 Å². The molecule has 1 aromatic rings. The molecule has 0 aliphatic heterocycles. The van der Waals surface area contributed by atoms with E-state index in [9.17, 15) is 4.39 Å². The maximum absolute atomic E-state index is 13.2. The summed E-state index contributed by atoms with van der Waals surface area (Å²) in [6.45, 7) is 0.666. The fraction of sp³-hybridized carbons (Fsp3) is 0.250. The summed E-state index contributed by atoms with van der Waals surface area (Å²) in [6.07, 6.45) is 0. The molecule has 5 heteroatoms. The number of benzene rings is 1. The van der Waals surface area contributed by atoms with Gasteiger partial charge in [-0.1, -0.05) is 15.9 Å². The molecule has 1 aromatic carbocycles. The molecule has 0 heterocycles. The van der Waals surface area contributed by atoms with Crippen molar-refractivity contribution in [3.05, 3.63) is 26.9 Å². The molecule has 13 heavy (non-hydrogen) atoms. The van der Waals surface area contributed by atoms with E-state index < -0.39 is 5.82 Å². The Kier molecular flexibility index (Phi) is 4.15. The summed E-state index contributed by atoms with van der Waals surface area (Å²) in [5.74, 6) is -0.205. The van der Waals surface area contributed by atoms with Crippen molar-refractivity contribution in [2.45, 2.75) is 0 Å². The second-order valence-corrected chi connectivity index (χ2v) is 4.11. The molecule has 0 spiro atoms. The van der Waals surface area contributed by atoms with E-state index in [0.29, 0.717) is 22.1 Å². The first-order valence-electron chi connectivity index (χ1n) is 3.62. The standard InChI is InChI=1S/C8H8Br2FNO/c9-5-3-6(10)8(7(11)4-5)13-2-1-12/h3-4H,1-2,12H2. The van der Waals surface area contributed by atoms with Gasteiger partial charge in [0.1, 0.15) is 6.61 Å². The monoisotopic (exact) mass is 311 g/mol. The minimum atomic E-state index is -0.408. The Bertz CT molecular complexity index is 283. The van der Waals surface area contributed by atoms with Crippen molar-refractivity contribution in [2.24, 2.45) is 5.73 Å². The predicted molar refractivity (Wildman–Crippen MR) is 56.3 cm³/mol. The highest BCUT2D eigenvalue weighted by Crippen LogP contribution is 2.31. The molecule has 0 aliphatic rings. The van der Waals surface area contributed by atoms with E-state index in [-0.39, 0.29) is 5.75 Å². The maximum Gasteiger partial charge on any atom is 0.169 e. The molecule has 0 fully saturated rings. The van der Waals surface area contributed by atoms with Gasteiger partial charge in [0.25, 0.3) is 0 Å². The third-order valence-electron chi connectivity index (χ3n) is 1.33. The van der Waals surface area contributed by atoms with Gasteiger partial charge in [-0.15, -0.1) is 0 Å². The van der Waals surface area contributed by atoms with Gasteiger partial charge in [0.05, 0.1) is 4.47 Å². The van der Waals surface area contributed by atoms with Crippen LogP contribution in [0.3, 0.4) is 0 Å². The van der Waals surface area contributed by atoms with Crippen molar-refractivity contribution in [3.8, 4) is 5.75 Å². The van der Waals surface area contributed by atoms with Gasteiger partial charge in [0.2, 0.25) is 0 Å². The van der Waals surface area contributed by atoms with Gasteiger partial charge in [-0.05, 0) is 28.1 Å². The van der Waals surface area contributed by atoms with Crippen LogP contribution in [0.1, 0.15) is 0 Å². The zero-order chi connectivity index (χ0) is 9.84. The maximum atomic E-state index is 13.2. The summed E-state index contributed by atoms with van der Waals surface area (Å²) >= 11 is 6.36. The van der Waals surface area contributed by atoms with E-state index in [2.05, 4.69) is 31.9 Å². The highest BCUT2D eigenvalue weighted by Gasteiger charge is 2.09. The Morgan fingerprint density at radius 3 is 2.62 bits per heavy atom. The van der Waals surface area contributed by atoms with Crippen molar-refractivity contribution in [1.82, 2.24) is 0 Å². The van der Waals surface area contributed by atoms with Crippen LogP contribution in [-0.4, -0.2) is 13.2 Å². The van der Waals surface area contributed by atoms with Gasteiger partial charge >= 0.3 is 0 Å². The molecule has 2 N–H and O–H groups in total. The van der Waals surface area contributed by atoms with E-state index in [0.717, 1.165) is 0 Å². The molecule has 0 aromatic heterocycles. The van der Waals surface area contributed by atoms with Crippen LogP contribution in [0, 0.1) is 5.82 Å². The predicted octanol–water partition coefficient (Wildman–Crippen LogP) is 2.69. The molecule has 0 saturated heterocycles. The first-order valence-corrected chi connectivity index (χ1v) is 5.21. The van der Waals surface area contributed by atoms with E-state index in [4.69, 9.17) is 10.5 Å². The quantitative estimate of drug-likeness (QED) is 0.931. The smallest absolute Gasteiger partial charge is 0.169 e. The van der Waals surface area contributed by atoms with Gasteiger partial charge in [0, 0.05) is 11.0 Å². The Balaban J connectivity index is 2.92. The molecule has 2 nitrogen and oxygen atoms in total. The minimum Gasteiger partial charge on any atom is -0.488 e. The lowest BCUT2D eigenvalue weighted by Crippen LogP contribution is -2.11. The molecule has 0 bridgehead atoms. The highest BCUT2D eigenvalue weighted by molar-refractivity contribution is 9.11. The molecule has 0 radical (unpaired) electrons. The zero-order valence-corrected chi connectivity index (χ0v) is 9.86. The molecule has 0 unspecified atom stereocenters. The highest BCUT2D eigenvalue weighted by atomic mass is 79.9. The van der Waals surface area contributed by atoms with Crippen LogP contribution in [0.2, 0.25) is 0 Å². The van der Waals surface area contributed by atoms with Gasteiger partial charge in [-0.3, -0.25) is 0 Å². The van der Waals surface area contributed by atoms with E-state index in [1.54, 1.807) is 6.07 Å². The number of ether oxygens (including phenoxy) is 1. The second-order valence-electron chi connectivity index (χ2n) is 2.34. The van der Waals surface area contributed by atoms with Crippen LogP contribution in [-0.2, 0) is 0 Å². The molecule has 0 amide bonds. The summed E-state index contributed by atoms with van der Waals surface area (Å²) in [4.78, 5) is 0. The summed E-state index contributed by atoms with van der Waals surface area (Å²) in [5, 5.41) is 0. The van der Waals surface area contributed by atoms with E-state index in [1.165, 1.54) is 6.07 Å². The third kappa shape index (κ3) is 2.93. The first kappa shape index (κ1) is 10.9. The topological polar surface area (TPSA) is 35.2 Å². The number of halogens is 3. The lowest BCUT2D eigenvalue weighted by Gasteiger charge is -2.08. The van der Waals surface area contributed by atoms with Gasteiger partial charge in [0.15, 0.2) is 11.6 Å². The fourth-order valence-corrected chi connectivity index (χ4v) is 2.12. The molecule has 0 atom stereocenters. The van der Waals surface area contributed by atoms with Crippen molar-refractivity contribution in [3.63, 3.8) is 0 Å². The van der Waals surface area contributed by atoms with Crippen LogP contribution in [0.15, 0.2) is 21.1 Å². The fourth-order valence-electron chi connectivity index (χ4n) is 0.828. The Labute approximate surface area is 92.5 Å². The summed E-state index contributed by atoms with van der Waals surface area (Å²) < 4.78 is 19.6. The van der Waals surface area contributed by atoms with Crippen molar-refractivity contribution >= 4 is 31.9 Å². The molecule has 72 valence electrons.